The Morgan fingerprint density at radius 2 is 2.00 bits per heavy atom. The smallest absolute Gasteiger partial charge is 0.240 e. The van der Waals surface area contributed by atoms with Gasteiger partial charge in [0.15, 0.2) is 0 Å². The van der Waals surface area contributed by atoms with Crippen molar-refractivity contribution in [2.75, 3.05) is 24.6 Å². The molecule has 1 aliphatic heterocycles. The van der Waals surface area contributed by atoms with Crippen molar-refractivity contribution in [3.8, 4) is 0 Å². The first-order valence-electron chi connectivity index (χ1n) is 7.51. The van der Waals surface area contributed by atoms with Crippen molar-refractivity contribution in [1.82, 2.24) is 10.0 Å². The lowest BCUT2D eigenvalue weighted by Crippen LogP contribution is -2.34. The SMILES string of the molecule is CCCNCCc1ccc(S(=O)(=O)NC2CCSC2)cc1. The highest BCUT2D eigenvalue weighted by molar-refractivity contribution is 7.99. The minimum Gasteiger partial charge on any atom is -0.316 e. The summed E-state index contributed by atoms with van der Waals surface area (Å²) in [7, 11) is -3.37. The summed E-state index contributed by atoms with van der Waals surface area (Å²) in [6.45, 7) is 4.09. The normalized spacial score (nSPS) is 19.0. The van der Waals surface area contributed by atoms with Gasteiger partial charge >= 0.3 is 0 Å². The van der Waals surface area contributed by atoms with Crippen LogP contribution in [-0.2, 0) is 16.4 Å². The van der Waals surface area contributed by atoms with E-state index < -0.39 is 10.0 Å². The topological polar surface area (TPSA) is 58.2 Å². The van der Waals surface area contributed by atoms with Crippen molar-refractivity contribution >= 4 is 21.8 Å². The van der Waals surface area contributed by atoms with Crippen LogP contribution < -0.4 is 10.0 Å². The average Bonchev–Trinajstić information content (AvgIpc) is 2.96. The highest BCUT2D eigenvalue weighted by atomic mass is 32.2. The van der Waals surface area contributed by atoms with Crippen LogP contribution in [0.1, 0.15) is 25.3 Å². The zero-order chi connectivity index (χ0) is 15.1. The summed E-state index contributed by atoms with van der Waals surface area (Å²) in [6.07, 6.45) is 2.97. The maximum absolute atomic E-state index is 12.3. The minimum absolute atomic E-state index is 0.0814. The molecule has 4 nitrogen and oxygen atoms in total. The zero-order valence-corrected chi connectivity index (χ0v) is 14.1. The van der Waals surface area contributed by atoms with Crippen LogP contribution in [0.25, 0.3) is 0 Å². The highest BCUT2D eigenvalue weighted by Gasteiger charge is 2.22. The van der Waals surface area contributed by atoms with Gasteiger partial charge in [-0.25, -0.2) is 13.1 Å². The van der Waals surface area contributed by atoms with E-state index in [1.54, 1.807) is 23.9 Å². The Hall–Kier alpha value is -0.560. The molecule has 1 unspecified atom stereocenters. The predicted molar refractivity (Wildman–Crippen MR) is 89.4 cm³/mol. The molecule has 1 aromatic rings. The molecule has 1 heterocycles. The van der Waals surface area contributed by atoms with Gasteiger partial charge in [-0.2, -0.15) is 11.8 Å². The van der Waals surface area contributed by atoms with Gasteiger partial charge in [0.1, 0.15) is 0 Å². The first-order chi connectivity index (χ1) is 10.1. The highest BCUT2D eigenvalue weighted by Crippen LogP contribution is 2.19. The summed E-state index contributed by atoms with van der Waals surface area (Å²) in [5.74, 6) is 1.91. The van der Waals surface area contributed by atoms with Gasteiger partial charge in [-0.1, -0.05) is 19.1 Å². The molecule has 0 bridgehead atoms. The van der Waals surface area contributed by atoms with Gasteiger partial charge in [0.2, 0.25) is 10.0 Å². The van der Waals surface area contributed by atoms with Crippen LogP contribution in [0.5, 0.6) is 0 Å². The summed E-state index contributed by atoms with van der Waals surface area (Å²) in [6, 6.07) is 7.31. The summed E-state index contributed by atoms with van der Waals surface area (Å²) >= 11 is 1.80. The fraction of sp³-hybridized carbons (Fsp3) is 0.600. The maximum Gasteiger partial charge on any atom is 0.240 e. The van der Waals surface area contributed by atoms with E-state index in [2.05, 4.69) is 17.0 Å². The van der Waals surface area contributed by atoms with Gasteiger partial charge in [0.05, 0.1) is 4.90 Å². The zero-order valence-electron chi connectivity index (χ0n) is 12.5. The van der Waals surface area contributed by atoms with Gasteiger partial charge in [-0.15, -0.1) is 0 Å². The van der Waals surface area contributed by atoms with E-state index in [0.29, 0.717) is 4.90 Å². The lowest BCUT2D eigenvalue weighted by Gasteiger charge is -2.12. The first-order valence-corrected chi connectivity index (χ1v) is 10.2. The van der Waals surface area contributed by atoms with Gasteiger partial charge in [0, 0.05) is 11.8 Å². The molecule has 6 heteroatoms. The number of benzene rings is 1. The van der Waals surface area contributed by atoms with Crippen LogP contribution in [0, 0.1) is 0 Å². The third-order valence-electron chi connectivity index (χ3n) is 3.50. The van der Waals surface area contributed by atoms with Crippen molar-refractivity contribution in [3.05, 3.63) is 29.8 Å². The second-order valence-electron chi connectivity index (χ2n) is 5.33. The molecule has 1 atom stereocenters. The lowest BCUT2D eigenvalue weighted by molar-refractivity contribution is 0.563. The summed E-state index contributed by atoms with van der Waals surface area (Å²) < 4.78 is 27.3. The average molecular weight is 329 g/mol. The molecule has 0 aromatic heterocycles. The van der Waals surface area contributed by atoms with E-state index in [1.165, 1.54) is 0 Å². The number of sulfonamides is 1. The molecular formula is C15H24N2O2S2. The number of nitrogens with one attached hydrogen (secondary N) is 2. The second kappa shape index (κ2) is 8.17. The Morgan fingerprint density at radius 3 is 2.62 bits per heavy atom. The summed E-state index contributed by atoms with van der Waals surface area (Å²) in [4.78, 5) is 0.365. The van der Waals surface area contributed by atoms with Gasteiger partial charge < -0.3 is 5.32 Å². The Balaban J connectivity index is 1.90. The van der Waals surface area contributed by atoms with Crippen molar-refractivity contribution in [2.45, 2.75) is 37.1 Å². The van der Waals surface area contributed by atoms with E-state index in [-0.39, 0.29) is 6.04 Å². The fourth-order valence-electron chi connectivity index (χ4n) is 2.28. The molecule has 0 amide bonds. The third kappa shape index (κ3) is 5.29. The number of hydrogen-bond donors (Lipinski definition) is 2. The largest absolute Gasteiger partial charge is 0.316 e. The molecule has 21 heavy (non-hydrogen) atoms. The molecule has 2 N–H and O–H groups in total. The Kier molecular flexibility index (Phi) is 6.54. The lowest BCUT2D eigenvalue weighted by atomic mass is 10.1. The van der Waals surface area contributed by atoms with Crippen LogP contribution in [0.4, 0.5) is 0 Å². The van der Waals surface area contributed by atoms with Crippen LogP contribution >= 0.6 is 11.8 Å². The van der Waals surface area contributed by atoms with E-state index in [9.17, 15) is 8.42 Å². The Labute approximate surface area is 132 Å². The van der Waals surface area contributed by atoms with E-state index in [1.807, 2.05) is 12.1 Å². The molecule has 2 rings (SSSR count). The van der Waals surface area contributed by atoms with E-state index in [4.69, 9.17) is 0 Å². The molecule has 0 aliphatic carbocycles. The van der Waals surface area contributed by atoms with E-state index >= 15 is 0 Å². The van der Waals surface area contributed by atoms with Gasteiger partial charge in [-0.05, 0) is 55.8 Å². The monoisotopic (exact) mass is 328 g/mol. The molecule has 1 saturated heterocycles. The molecule has 1 aromatic carbocycles. The molecular weight excluding hydrogens is 304 g/mol. The van der Waals surface area contributed by atoms with Crippen molar-refractivity contribution < 1.29 is 8.42 Å². The fourth-order valence-corrected chi connectivity index (χ4v) is 4.81. The molecule has 1 fully saturated rings. The van der Waals surface area contributed by atoms with Gasteiger partial charge in [-0.3, -0.25) is 0 Å². The third-order valence-corrected chi connectivity index (χ3v) is 6.20. The number of hydrogen-bond acceptors (Lipinski definition) is 4. The summed E-state index contributed by atoms with van der Waals surface area (Å²) in [5.41, 5.74) is 1.16. The summed E-state index contributed by atoms with van der Waals surface area (Å²) in [5, 5.41) is 3.34. The number of rotatable bonds is 8. The van der Waals surface area contributed by atoms with Crippen molar-refractivity contribution in [1.29, 1.82) is 0 Å². The van der Waals surface area contributed by atoms with Crippen LogP contribution in [-0.4, -0.2) is 39.1 Å². The molecule has 0 saturated carbocycles. The Morgan fingerprint density at radius 1 is 1.24 bits per heavy atom. The van der Waals surface area contributed by atoms with Gasteiger partial charge in [0.25, 0.3) is 0 Å². The van der Waals surface area contributed by atoms with Crippen LogP contribution in [0.2, 0.25) is 0 Å². The van der Waals surface area contributed by atoms with Crippen LogP contribution in [0.15, 0.2) is 29.2 Å². The molecule has 0 radical (unpaired) electrons. The van der Waals surface area contributed by atoms with E-state index in [0.717, 1.165) is 49.4 Å². The Bertz CT molecular complexity index is 523. The molecule has 1 aliphatic rings. The van der Waals surface area contributed by atoms with Crippen LogP contribution in [0.3, 0.4) is 0 Å². The van der Waals surface area contributed by atoms with Crippen molar-refractivity contribution in [2.24, 2.45) is 0 Å². The second-order valence-corrected chi connectivity index (χ2v) is 8.19. The van der Waals surface area contributed by atoms with Crippen molar-refractivity contribution in [3.63, 3.8) is 0 Å². The predicted octanol–water partition coefficient (Wildman–Crippen LogP) is 2.01. The standard InChI is InChI=1S/C15H24N2O2S2/c1-2-9-16-10-7-13-3-5-15(6-4-13)21(18,19)17-14-8-11-20-12-14/h3-6,14,16-17H,2,7-12H2,1H3. The quantitative estimate of drug-likeness (QED) is 0.717. The number of thioether (sulfide) groups is 1. The molecule has 0 spiro atoms. The molecule has 118 valence electrons. The minimum atomic E-state index is -3.37. The first kappa shape index (κ1) is 16.8. The maximum atomic E-state index is 12.3.